The minimum absolute atomic E-state index is 0.220. The Morgan fingerprint density at radius 1 is 1.30 bits per heavy atom. The van der Waals surface area contributed by atoms with Crippen molar-refractivity contribution in [2.45, 2.75) is 37.1 Å². The van der Waals surface area contributed by atoms with Crippen LogP contribution in [0.3, 0.4) is 0 Å². The van der Waals surface area contributed by atoms with Crippen molar-refractivity contribution >= 4 is 15.5 Å². The first kappa shape index (κ1) is 15.3. The zero-order valence-corrected chi connectivity index (χ0v) is 13.1. The highest BCUT2D eigenvalue weighted by Gasteiger charge is 2.19. The van der Waals surface area contributed by atoms with Gasteiger partial charge in [0.15, 0.2) is 9.84 Å². The van der Waals surface area contributed by atoms with E-state index in [2.05, 4.69) is 10.2 Å². The lowest BCUT2D eigenvalue weighted by molar-refractivity contribution is 0.449. The minimum Gasteiger partial charge on any atom is -0.370 e. The lowest BCUT2D eigenvalue weighted by Gasteiger charge is -2.34. The molecule has 1 atom stereocenters. The number of likely N-dealkylation sites (N-methyl/N-ethyl adjacent to an activating group) is 1. The monoisotopic (exact) mass is 296 g/mol. The molecule has 0 amide bonds. The Kier molecular flexibility index (Phi) is 5.05. The maximum Gasteiger partial charge on any atom is 0.178 e. The smallest absolute Gasteiger partial charge is 0.178 e. The molecule has 1 N–H and O–H groups in total. The van der Waals surface area contributed by atoms with Gasteiger partial charge in [-0.15, -0.1) is 0 Å². The molecule has 20 heavy (non-hydrogen) atoms. The molecule has 1 unspecified atom stereocenters. The van der Waals surface area contributed by atoms with E-state index in [0.717, 1.165) is 18.8 Å². The molecule has 4 nitrogen and oxygen atoms in total. The maximum atomic E-state index is 12.0. The molecule has 2 rings (SSSR count). The van der Waals surface area contributed by atoms with Crippen LogP contribution in [0.5, 0.6) is 0 Å². The van der Waals surface area contributed by atoms with Crippen molar-refractivity contribution in [3.8, 4) is 0 Å². The number of rotatable bonds is 5. The Bertz CT molecular complexity index is 525. The molecule has 0 aliphatic carbocycles. The van der Waals surface area contributed by atoms with Gasteiger partial charge in [0.25, 0.3) is 0 Å². The molecule has 5 heteroatoms. The van der Waals surface area contributed by atoms with E-state index in [1.807, 2.05) is 26.1 Å². The highest BCUT2D eigenvalue weighted by molar-refractivity contribution is 7.91. The summed E-state index contributed by atoms with van der Waals surface area (Å²) in [5.74, 6) is 0.220. The standard InChI is InChI=1S/C15H24N2O2S/c1-3-11-20(18,19)15-8-6-14(7-9-15)17-10-4-5-13(12-17)16-2/h6-9,13,16H,3-5,10-12H2,1-2H3. The molecular formula is C15H24N2O2S. The van der Waals surface area contributed by atoms with E-state index < -0.39 is 9.84 Å². The third-order valence-electron chi connectivity index (χ3n) is 3.86. The van der Waals surface area contributed by atoms with Crippen LogP contribution in [-0.2, 0) is 9.84 Å². The quantitative estimate of drug-likeness (QED) is 0.903. The lowest BCUT2D eigenvalue weighted by atomic mass is 10.1. The van der Waals surface area contributed by atoms with E-state index in [4.69, 9.17) is 0 Å². The summed E-state index contributed by atoms with van der Waals surface area (Å²) in [7, 11) is -1.11. The van der Waals surface area contributed by atoms with Gasteiger partial charge in [-0.05, 0) is 50.6 Å². The lowest BCUT2D eigenvalue weighted by Crippen LogP contribution is -2.44. The number of nitrogens with zero attached hydrogens (tertiary/aromatic N) is 1. The van der Waals surface area contributed by atoms with Gasteiger partial charge in [-0.25, -0.2) is 8.42 Å². The molecule has 1 fully saturated rings. The summed E-state index contributed by atoms with van der Waals surface area (Å²) in [6.07, 6.45) is 3.03. The molecule has 1 aliphatic heterocycles. The van der Waals surface area contributed by atoms with Crippen LogP contribution in [0.15, 0.2) is 29.2 Å². The molecule has 0 spiro atoms. The van der Waals surface area contributed by atoms with Crippen LogP contribution < -0.4 is 10.2 Å². The number of nitrogens with one attached hydrogen (secondary N) is 1. The minimum atomic E-state index is -3.10. The topological polar surface area (TPSA) is 49.4 Å². The van der Waals surface area contributed by atoms with E-state index in [9.17, 15) is 8.42 Å². The average Bonchev–Trinajstić information content (AvgIpc) is 2.47. The fourth-order valence-corrected chi connectivity index (χ4v) is 4.02. The van der Waals surface area contributed by atoms with Crippen molar-refractivity contribution in [1.29, 1.82) is 0 Å². The summed E-state index contributed by atoms with van der Waals surface area (Å²) in [5, 5.41) is 3.32. The Labute approximate surface area is 122 Å². The first-order chi connectivity index (χ1) is 9.56. The van der Waals surface area contributed by atoms with E-state index in [1.165, 1.54) is 12.8 Å². The third-order valence-corrected chi connectivity index (χ3v) is 5.80. The van der Waals surface area contributed by atoms with Gasteiger partial charge in [0, 0.05) is 24.8 Å². The van der Waals surface area contributed by atoms with Gasteiger partial charge in [-0.3, -0.25) is 0 Å². The van der Waals surface area contributed by atoms with Gasteiger partial charge in [0.2, 0.25) is 0 Å². The van der Waals surface area contributed by atoms with Crippen LogP contribution in [0, 0.1) is 0 Å². The average molecular weight is 296 g/mol. The fraction of sp³-hybridized carbons (Fsp3) is 0.600. The maximum absolute atomic E-state index is 12.0. The Morgan fingerprint density at radius 3 is 2.60 bits per heavy atom. The first-order valence-corrected chi connectivity index (χ1v) is 8.97. The second-order valence-electron chi connectivity index (χ2n) is 5.39. The highest BCUT2D eigenvalue weighted by atomic mass is 32.2. The fourth-order valence-electron chi connectivity index (χ4n) is 2.70. The highest BCUT2D eigenvalue weighted by Crippen LogP contribution is 2.22. The molecule has 1 saturated heterocycles. The molecule has 0 saturated carbocycles. The van der Waals surface area contributed by atoms with Crippen molar-refractivity contribution in [2.75, 3.05) is 30.8 Å². The Hall–Kier alpha value is -1.07. The molecule has 1 heterocycles. The van der Waals surface area contributed by atoms with E-state index in [0.29, 0.717) is 17.4 Å². The SMILES string of the molecule is CCCS(=O)(=O)c1ccc(N2CCCC(NC)C2)cc1. The summed E-state index contributed by atoms with van der Waals surface area (Å²) in [6.45, 7) is 3.91. The number of sulfone groups is 1. The summed E-state index contributed by atoms with van der Waals surface area (Å²) >= 11 is 0. The molecule has 0 bridgehead atoms. The Morgan fingerprint density at radius 2 is 2.00 bits per heavy atom. The number of hydrogen-bond acceptors (Lipinski definition) is 4. The van der Waals surface area contributed by atoms with Gasteiger partial charge in [0.1, 0.15) is 0 Å². The van der Waals surface area contributed by atoms with Crippen molar-refractivity contribution < 1.29 is 8.42 Å². The van der Waals surface area contributed by atoms with E-state index in [-0.39, 0.29) is 5.75 Å². The molecular weight excluding hydrogens is 272 g/mol. The number of hydrogen-bond donors (Lipinski definition) is 1. The van der Waals surface area contributed by atoms with Gasteiger partial charge >= 0.3 is 0 Å². The van der Waals surface area contributed by atoms with Crippen molar-refractivity contribution in [2.24, 2.45) is 0 Å². The van der Waals surface area contributed by atoms with Crippen LogP contribution in [0.1, 0.15) is 26.2 Å². The van der Waals surface area contributed by atoms with Gasteiger partial charge in [0.05, 0.1) is 10.6 Å². The van der Waals surface area contributed by atoms with Crippen molar-refractivity contribution in [1.82, 2.24) is 5.32 Å². The largest absolute Gasteiger partial charge is 0.370 e. The summed E-state index contributed by atoms with van der Waals surface area (Å²) in [6, 6.07) is 7.86. The van der Waals surface area contributed by atoms with Crippen LogP contribution in [0.2, 0.25) is 0 Å². The van der Waals surface area contributed by atoms with Crippen LogP contribution >= 0.6 is 0 Å². The molecule has 1 aromatic carbocycles. The predicted molar refractivity (Wildman–Crippen MR) is 83.1 cm³/mol. The van der Waals surface area contributed by atoms with Crippen LogP contribution in [-0.4, -0.2) is 40.3 Å². The van der Waals surface area contributed by atoms with E-state index in [1.54, 1.807) is 12.1 Å². The summed E-state index contributed by atoms with van der Waals surface area (Å²) in [4.78, 5) is 2.76. The van der Waals surface area contributed by atoms with Crippen molar-refractivity contribution in [3.63, 3.8) is 0 Å². The van der Waals surface area contributed by atoms with Crippen LogP contribution in [0.4, 0.5) is 5.69 Å². The van der Waals surface area contributed by atoms with E-state index >= 15 is 0 Å². The number of benzene rings is 1. The molecule has 0 aromatic heterocycles. The normalized spacial score (nSPS) is 20.1. The van der Waals surface area contributed by atoms with Crippen molar-refractivity contribution in [3.05, 3.63) is 24.3 Å². The number of anilines is 1. The molecule has 0 radical (unpaired) electrons. The second-order valence-corrected chi connectivity index (χ2v) is 7.50. The van der Waals surface area contributed by atoms with Gasteiger partial charge in [-0.1, -0.05) is 6.92 Å². The zero-order valence-electron chi connectivity index (χ0n) is 12.3. The second kappa shape index (κ2) is 6.59. The molecule has 1 aliphatic rings. The molecule has 1 aromatic rings. The summed E-state index contributed by atoms with van der Waals surface area (Å²) in [5.41, 5.74) is 1.11. The Balaban J connectivity index is 2.12. The third kappa shape index (κ3) is 3.52. The van der Waals surface area contributed by atoms with Gasteiger partial charge < -0.3 is 10.2 Å². The molecule has 112 valence electrons. The number of piperidine rings is 1. The first-order valence-electron chi connectivity index (χ1n) is 7.32. The van der Waals surface area contributed by atoms with Gasteiger partial charge in [-0.2, -0.15) is 0 Å². The zero-order chi connectivity index (χ0) is 14.6. The predicted octanol–water partition coefficient (Wildman–Crippen LogP) is 2.06. The summed E-state index contributed by atoms with van der Waals surface area (Å²) < 4.78 is 24.0. The van der Waals surface area contributed by atoms with Crippen LogP contribution in [0.25, 0.3) is 0 Å².